The van der Waals surface area contributed by atoms with Gasteiger partial charge in [-0.1, -0.05) is 31.5 Å². The van der Waals surface area contributed by atoms with E-state index in [1.54, 1.807) is 18.0 Å². The van der Waals surface area contributed by atoms with Crippen molar-refractivity contribution in [3.05, 3.63) is 23.7 Å². The van der Waals surface area contributed by atoms with Gasteiger partial charge in [-0.2, -0.15) is 0 Å². The molecule has 3 rings (SSSR count). The highest BCUT2D eigenvalue weighted by molar-refractivity contribution is 7.98. The highest BCUT2D eigenvalue weighted by Gasteiger charge is 2.24. The minimum absolute atomic E-state index is 0.539. The fourth-order valence-corrected chi connectivity index (χ4v) is 4.00. The molecule has 0 aliphatic heterocycles. The molecule has 0 spiro atoms. The third-order valence-corrected chi connectivity index (χ3v) is 5.03. The SMILES string of the molecule is Cc1cnc(CSc2nnc(C)n2[C@H]2CCC[C@H](C)C2)o1. The Morgan fingerprint density at radius 2 is 2.19 bits per heavy atom. The van der Waals surface area contributed by atoms with Crippen molar-refractivity contribution in [2.75, 3.05) is 0 Å². The van der Waals surface area contributed by atoms with Crippen molar-refractivity contribution in [2.24, 2.45) is 5.92 Å². The predicted molar refractivity (Wildman–Crippen MR) is 82.2 cm³/mol. The first-order valence-electron chi connectivity index (χ1n) is 7.59. The lowest BCUT2D eigenvalue weighted by Gasteiger charge is -2.29. The summed E-state index contributed by atoms with van der Waals surface area (Å²) < 4.78 is 7.84. The topological polar surface area (TPSA) is 56.7 Å². The lowest BCUT2D eigenvalue weighted by atomic mass is 9.87. The standard InChI is InChI=1S/C15H22N4OS/c1-10-5-4-6-13(7-10)19-12(3)17-18-15(19)21-9-14-16-8-11(2)20-14/h8,10,13H,4-7,9H2,1-3H3/t10-,13-/m0/s1. The van der Waals surface area contributed by atoms with Crippen LogP contribution in [-0.2, 0) is 5.75 Å². The maximum Gasteiger partial charge on any atom is 0.204 e. The van der Waals surface area contributed by atoms with E-state index in [0.29, 0.717) is 11.8 Å². The zero-order valence-electron chi connectivity index (χ0n) is 12.9. The first-order chi connectivity index (χ1) is 10.1. The number of nitrogens with zero attached hydrogens (tertiary/aromatic N) is 4. The fraction of sp³-hybridized carbons (Fsp3) is 0.667. The van der Waals surface area contributed by atoms with E-state index >= 15 is 0 Å². The summed E-state index contributed by atoms with van der Waals surface area (Å²) in [4.78, 5) is 4.25. The van der Waals surface area contributed by atoms with Crippen LogP contribution >= 0.6 is 11.8 Å². The van der Waals surface area contributed by atoms with Crippen LogP contribution in [0.1, 0.15) is 56.1 Å². The Morgan fingerprint density at radius 3 is 2.90 bits per heavy atom. The van der Waals surface area contributed by atoms with Gasteiger partial charge in [-0.3, -0.25) is 0 Å². The van der Waals surface area contributed by atoms with Gasteiger partial charge in [0, 0.05) is 6.04 Å². The lowest BCUT2D eigenvalue weighted by molar-refractivity contribution is 0.268. The third-order valence-electron chi connectivity index (χ3n) is 4.10. The predicted octanol–water partition coefficient (Wildman–Crippen LogP) is 3.93. The van der Waals surface area contributed by atoms with Crippen LogP contribution in [0.4, 0.5) is 0 Å². The normalized spacial score (nSPS) is 22.6. The molecule has 0 saturated heterocycles. The number of aryl methyl sites for hydroxylation is 2. The third kappa shape index (κ3) is 3.31. The molecule has 2 heterocycles. The van der Waals surface area contributed by atoms with Crippen LogP contribution in [0.3, 0.4) is 0 Å². The van der Waals surface area contributed by atoms with Crippen LogP contribution in [-0.4, -0.2) is 19.7 Å². The molecule has 6 heteroatoms. The van der Waals surface area contributed by atoms with Crippen LogP contribution in [0.5, 0.6) is 0 Å². The van der Waals surface area contributed by atoms with E-state index in [9.17, 15) is 0 Å². The second-order valence-corrected chi connectivity index (χ2v) is 6.92. The molecule has 1 aliphatic rings. The van der Waals surface area contributed by atoms with Gasteiger partial charge in [-0.05, 0) is 32.6 Å². The Morgan fingerprint density at radius 1 is 1.33 bits per heavy atom. The highest BCUT2D eigenvalue weighted by atomic mass is 32.2. The summed E-state index contributed by atoms with van der Waals surface area (Å²) in [6, 6.07) is 0.539. The monoisotopic (exact) mass is 306 g/mol. The molecule has 5 nitrogen and oxygen atoms in total. The minimum atomic E-state index is 0.539. The smallest absolute Gasteiger partial charge is 0.204 e. The van der Waals surface area contributed by atoms with Crippen molar-refractivity contribution in [1.29, 1.82) is 0 Å². The zero-order chi connectivity index (χ0) is 14.8. The summed E-state index contributed by atoms with van der Waals surface area (Å²) in [6.07, 6.45) is 6.86. The molecule has 0 aromatic carbocycles. The summed E-state index contributed by atoms with van der Waals surface area (Å²) in [5, 5.41) is 9.61. The summed E-state index contributed by atoms with van der Waals surface area (Å²) in [6.45, 7) is 6.30. The van der Waals surface area contributed by atoms with Gasteiger partial charge in [0.2, 0.25) is 5.89 Å². The largest absolute Gasteiger partial charge is 0.445 e. The van der Waals surface area contributed by atoms with Crippen LogP contribution in [0.25, 0.3) is 0 Å². The quantitative estimate of drug-likeness (QED) is 0.801. The van der Waals surface area contributed by atoms with E-state index in [0.717, 1.165) is 28.5 Å². The van der Waals surface area contributed by atoms with Gasteiger partial charge in [0.1, 0.15) is 11.6 Å². The number of aromatic nitrogens is 4. The molecule has 1 saturated carbocycles. The van der Waals surface area contributed by atoms with Gasteiger partial charge >= 0.3 is 0 Å². The van der Waals surface area contributed by atoms with Gasteiger partial charge < -0.3 is 8.98 Å². The van der Waals surface area contributed by atoms with Crippen molar-refractivity contribution in [2.45, 2.75) is 63.4 Å². The molecule has 0 N–H and O–H groups in total. The van der Waals surface area contributed by atoms with Gasteiger partial charge in [-0.25, -0.2) is 4.98 Å². The molecule has 114 valence electrons. The lowest BCUT2D eigenvalue weighted by Crippen LogP contribution is -2.19. The number of rotatable bonds is 4. The van der Waals surface area contributed by atoms with Crippen LogP contribution < -0.4 is 0 Å². The van der Waals surface area contributed by atoms with Gasteiger partial charge in [-0.15, -0.1) is 10.2 Å². The summed E-state index contributed by atoms with van der Waals surface area (Å²) in [7, 11) is 0. The highest BCUT2D eigenvalue weighted by Crippen LogP contribution is 2.35. The van der Waals surface area contributed by atoms with Gasteiger partial charge in [0.05, 0.1) is 11.9 Å². The molecule has 1 aliphatic carbocycles. The molecule has 0 amide bonds. The molecule has 21 heavy (non-hydrogen) atoms. The molecular formula is C15H22N4OS. The number of oxazole rings is 1. The van der Waals surface area contributed by atoms with Crippen molar-refractivity contribution < 1.29 is 4.42 Å². The summed E-state index contributed by atoms with van der Waals surface area (Å²) >= 11 is 1.66. The van der Waals surface area contributed by atoms with Crippen molar-refractivity contribution in [1.82, 2.24) is 19.7 Å². The van der Waals surface area contributed by atoms with Crippen LogP contribution in [0, 0.1) is 19.8 Å². The molecule has 2 aromatic heterocycles. The minimum Gasteiger partial charge on any atom is -0.445 e. The fourth-order valence-electron chi connectivity index (χ4n) is 3.10. The molecule has 0 bridgehead atoms. The van der Waals surface area contributed by atoms with Gasteiger partial charge in [0.25, 0.3) is 0 Å². The Kier molecular flexibility index (Phi) is 4.33. The zero-order valence-corrected chi connectivity index (χ0v) is 13.7. The van der Waals surface area contributed by atoms with E-state index < -0.39 is 0 Å². The second kappa shape index (κ2) is 6.22. The van der Waals surface area contributed by atoms with Crippen molar-refractivity contribution >= 4 is 11.8 Å². The van der Waals surface area contributed by atoms with Gasteiger partial charge in [0.15, 0.2) is 5.16 Å². The molecule has 1 fully saturated rings. The van der Waals surface area contributed by atoms with E-state index in [1.807, 2.05) is 13.8 Å². The maximum absolute atomic E-state index is 5.53. The molecule has 0 unspecified atom stereocenters. The number of hydrogen-bond acceptors (Lipinski definition) is 5. The van der Waals surface area contributed by atoms with Crippen molar-refractivity contribution in [3.8, 4) is 0 Å². The van der Waals surface area contributed by atoms with E-state index in [-0.39, 0.29) is 0 Å². The average molecular weight is 306 g/mol. The van der Waals surface area contributed by atoms with E-state index in [2.05, 4.69) is 26.7 Å². The number of thioether (sulfide) groups is 1. The summed E-state index contributed by atoms with van der Waals surface area (Å²) in [5.74, 6) is 4.11. The van der Waals surface area contributed by atoms with Crippen molar-refractivity contribution in [3.63, 3.8) is 0 Å². The molecule has 2 aromatic rings. The molecule has 2 atom stereocenters. The second-order valence-electron chi connectivity index (χ2n) is 5.98. The Balaban J connectivity index is 1.73. The van der Waals surface area contributed by atoms with Crippen LogP contribution in [0.2, 0.25) is 0 Å². The Hall–Kier alpha value is -1.30. The average Bonchev–Trinajstić information content (AvgIpc) is 3.02. The van der Waals surface area contributed by atoms with E-state index in [1.165, 1.54) is 25.7 Å². The Labute approximate surface area is 129 Å². The van der Waals surface area contributed by atoms with Crippen LogP contribution in [0.15, 0.2) is 15.8 Å². The van der Waals surface area contributed by atoms with E-state index in [4.69, 9.17) is 4.42 Å². The number of hydrogen-bond donors (Lipinski definition) is 0. The summed E-state index contributed by atoms with van der Waals surface area (Å²) in [5.41, 5.74) is 0. The first-order valence-corrected chi connectivity index (χ1v) is 8.57. The first kappa shape index (κ1) is 14.6. The molecule has 0 radical (unpaired) electrons. The molecular weight excluding hydrogens is 284 g/mol. The maximum atomic E-state index is 5.53. The Bertz CT molecular complexity index is 607.